The van der Waals surface area contributed by atoms with Gasteiger partial charge in [-0.15, -0.1) is 0 Å². The Morgan fingerprint density at radius 3 is 2.26 bits per heavy atom. The summed E-state index contributed by atoms with van der Waals surface area (Å²) in [5.41, 5.74) is 1.30. The minimum absolute atomic E-state index is 0.0136. The fraction of sp³-hybridized carbons (Fsp3) is 0.286. The molecule has 0 bridgehead atoms. The van der Waals surface area contributed by atoms with E-state index in [0.29, 0.717) is 31.6 Å². The van der Waals surface area contributed by atoms with Crippen LogP contribution < -0.4 is 10.1 Å². The number of hydrogen-bond donors (Lipinski definition) is 1. The van der Waals surface area contributed by atoms with Crippen molar-refractivity contribution in [3.63, 3.8) is 0 Å². The first kappa shape index (κ1) is 25.0. The second-order valence-corrected chi connectivity index (χ2v) is 7.98. The van der Waals surface area contributed by atoms with E-state index in [1.165, 1.54) is 11.0 Å². The van der Waals surface area contributed by atoms with E-state index in [9.17, 15) is 14.0 Å². The summed E-state index contributed by atoms with van der Waals surface area (Å²) in [5, 5.41) is 2.84. The molecule has 0 aromatic heterocycles. The summed E-state index contributed by atoms with van der Waals surface area (Å²) in [5.74, 6) is -0.131. The lowest BCUT2D eigenvalue weighted by Crippen LogP contribution is -2.50. The molecule has 6 heteroatoms. The van der Waals surface area contributed by atoms with E-state index < -0.39 is 11.9 Å². The van der Waals surface area contributed by atoms with Gasteiger partial charge in [-0.05, 0) is 37.1 Å². The maximum Gasteiger partial charge on any atom is 0.243 e. The average molecular weight is 463 g/mol. The minimum atomic E-state index is -0.760. The molecule has 0 saturated heterocycles. The van der Waals surface area contributed by atoms with Crippen LogP contribution in [0.15, 0.2) is 84.9 Å². The van der Waals surface area contributed by atoms with Crippen molar-refractivity contribution in [2.45, 2.75) is 38.8 Å². The molecule has 178 valence electrons. The van der Waals surface area contributed by atoms with E-state index in [0.717, 1.165) is 11.3 Å². The Kier molecular flexibility index (Phi) is 9.65. The van der Waals surface area contributed by atoms with Gasteiger partial charge in [0.2, 0.25) is 11.8 Å². The molecule has 0 spiro atoms. The first-order chi connectivity index (χ1) is 16.6. The molecule has 0 radical (unpaired) electrons. The number of hydrogen-bond acceptors (Lipinski definition) is 3. The molecule has 0 aliphatic rings. The Morgan fingerprint density at radius 2 is 1.59 bits per heavy atom. The van der Waals surface area contributed by atoms with E-state index in [1.54, 1.807) is 18.2 Å². The molecule has 2 amide bonds. The Balaban J connectivity index is 1.78. The van der Waals surface area contributed by atoms with Crippen LogP contribution in [0.4, 0.5) is 4.39 Å². The van der Waals surface area contributed by atoms with E-state index in [1.807, 2.05) is 67.6 Å². The van der Waals surface area contributed by atoms with Crippen molar-refractivity contribution < 1.29 is 18.7 Å². The van der Waals surface area contributed by atoms with Crippen LogP contribution in [0, 0.1) is 5.82 Å². The third-order valence-corrected chi connectivity index (χ3v) is 5.47. The highest BCUT2D eigenvalue weighted by molar-refractivity contribution is 5.88. The second kappa shape index (κ2) is 13.1. The number of nitrogens with zero attached hydrogens (tertiary/aromatic N) is 1. The smallest absolute Gasteiger partial charge is 0.243 e. The summed E-state index contributed by atoms with van der Waals surface area (Å²) < 4.78 is 20.2. The van der Waals surface area contributed by atoms with Gasteiger partial charge in [0.05, 0.1) is 6.61 Å². The predicted molar refractivity (Wildman–Crippen MR) is 131 cm³/mol. The van der Waals surface area contributed by atoms with Gasteiger partial charge in [-0.2, -0.15) is 0 Å². The second-order valence-electron chi connectivity index (χ2n) is 7.98. The standard InChI is InChI=1S/C28H31FN2O3/c1-2-30-28(33)26(20-22-12-5-3-6-13-22)31(21-23-14-9-10-17-25(23)29)27(32)18-11-19-34-24-15-7-4-8-16-24/h3-10,12-17,26H,2,11,18-21H2,1H3,(H,30,33)/t26-/m1/s1. The number of nitrogens with one attached hydrogen (secondary N) is 1. The quantitative estimate of drug-likeness (QED) is 0.395. The number of amides is 2. The summed E-state index contributed by atoms with van der Waals surface area (Å²) in [7, 11) is 0. The zero-order valence-corrected chi connectivity index (χ0v) is 19.5. The number of rotatable bonds is 12. The highest BCUT2D eigenvalue weighted by atomic mass is 19.1. The molecule has 5 nitrogen and oxygen atoms in total. The van der Waals surface area contributed by atoms with E-state index in [-0.39, 0.29) is 24.8 Å². The van der Waals surface area contributed by atoms with Crippen LogP contribution in [0.1, 0.15) is 30.9 Å². The number of benzene rings is 3. The molecule has 0 aliphatic carbocycles. The summed E-state index contributed by atoms with van der Waals surface area (Å²) in [6, 6.07) is 24.5. The Labute approximate surface area is 200 Å². The third-order valence-electron chi connectivity index (χ3n) is 5.47. The zero-order chi connectivity index (χ0) is 24.2. The van der Waals surface area contributed by atoms with Crippen LogP contribution in [0.5, 0.6) is 5.75 Å². The van der Waals surface area contributed by atoms with Crippen LogP contribution in [-0.4, -0.2) is 35.9 Å². The molecule has 1 atom stereocenters. The fourth-order valence-electron chi connectivity index (χ4n) is 3.73. The number of carbonyl (C=O) groups excluding carboxylic acids is 2. The average Bonchev–Trinajstić information content (AvgIpc) is 2.86. The SMILES string of the molecule is CCNC(=O)[C@@H](Cc1ccccc1)N(Cc1ccccc1F)C(=O)CCCOc1ccccc1. The van der Waals surface area contributed by atoms with E-state index >= 15 is 0 Å². The Morgan fingerprint density at radius 1 is 0.941 bits per heavy atom. The number of carbonyl (C=O) groups is 2. The lowest BCUT2D eigenvalue weighted by Gasteiger charge is -2.31. The molecule has 3 rings (SSSR count). The molecule has 0 fully saturated rings. The monoisotopic (exact) mass is 462 g/mol. The summed E-state index contributed by atoms with van der Waals surface area (Å²) in [4.78, 5) is 27.9. The van der Waals surface area contributed by atoms with Crippen LogP contribution in [0.3, 0.4) is 0 Å². The van der Waals surface area contributed by atoms with Crippen molar-refractivity contribution in [2.24, 2.45) is 0 Å². The Hall–Kier alpha value is -3.67. The molecule has 0 saturated carbocycles. The number of likely N-dealkylation sites (N-methyl/N-ethyl adjacent to an activating group) is 1. The van der Waals surface area contributed by atoms with Gasteiger partial charge < -0.3 is 15.0 Å². The molecule has 0 heterocycles. The number of halogens is 1. The number of ether oxygens (including phenoxy) is 1. The van der Waals surface area contributed by atoms with Gasteiger partial charge in [-0.1, -0.05) is 66.7 Å². The molecule has 1 N–H and O–H groups in total. The Bertz CT molecular complexity index is 1040. The third kappa shape index (κ3) is 7.44. The number of para-hydroxylation sites is 1. The van der Waals surface area contributed by atoms with Crippen molar-refractivity contribution in [3.05, 3.63) is 102 Å². The normalized spacial score (nSPS) is 11.5. The molecular weight excluding hydrogens is 431 g/mol. The van der Waals surface area contributed by atoms with Gasteiger partial charge in [0, 0.05) is 31.5 Å². The molecule has 3 aromatic carbocycles. The molecule has 0 aliphatic heterocycles. The minimum Gasteiger partial charge on any atom is -0.494 e. The van der Waals surface area contributed by atoms with Crippen molar-refractivity contribution in [1.82, 2.24) is 10.2 Å². The van der Waals surface area contributed by atoms with Crippen molar-refractivity contribution in [2.75, 3.05) is 13.2 Å². The van der Waals surface area contributed by atoms with Crippen LogP contribution in [0.25, 0.3) is 0 Å². The van der Waals surface area contributed by atoms with Gasteiger partial charge >= 0.3 is 0 Å². The predicted octanol–water partition coefficient (Wildman–Crippen LogP) is 4.76. The molecule has 0 unspecified atom stereocenters. The molecule has 3 aromatic rings. The van der Waals surface area contributed by atoms with Gasteiger partial charge in [-0.25, -0.2) is 4.39 Å². The van der Waals surface area contributed by atoms with E-state index in [2.05, 4.69) is 5.32 Å². The maximum atomic E-state index is 14.5. The van der Waals surface area contributed by atoms with Crippen molar-refractivity contribution in [1.29, 1.82) is 0 Å². The van der Waals surface area contributed by atoms with Crippen molar-refractivity contribution in [3.8, 4) is 5.75 Å². The fourth-order valence-corrected chi connectivity index (χ4v) is 3.73. The van der Waals surface area contributed by atoms with Gasteiger partial charge in [0.1, 0.15) is 17.6 Å². The topological polar surface area (TPSA) is 58.6 Å². The largest absolute Gasteiger partial charge is 0.494 e. The molecule has 34 heavy (non-hydrogen) atoms. The first-order valence-electron chi connectivity index (χ1n) is 11.6. The zero-order valence-electron chi connectivity index (χ0n) is 19.5. The van der Waals surface area contributed by atoms with Crippen LogP contribution in [0.2, 0.25) is 0 Å². The maximum absolute atomic E-state index is 14.5. The van der Waals surface area contributed by atoms with Gasteiger partial charge in [0.15, 0.2) is 0 Å². The highest BCUT2D eigenvalue weighted by Gasteiger charge is 2.30. The summed E-state index contributed by atoms with van der Waals surface area (Å²) in [6.07, 6.45) is 1.01. The van der Waals surface area contributed by atoms with Gasteiger partial charge in [-0.3, -0.25) is 9.59 Å². The first-order valence-corrected chi connectivity index (χ1v) is 11.6. The van der Waals surface area contributed by atoms with Crippen LogP contribution >= 0.6 is 0 Å². The van der Waals surface area contributed by atoms with Crippen molar-refractivity contribution >= 4 is 11.8 Å². The summed E-state index contributed by atoms with van der Waals surface area (Å²) >= 11 is 0. The highest BCUT2D eigenvalue weighted by Crippen LogP contribution is 2.18. The lowest BCUT2D eigenvalue weighted by molar-refractivity contribution is -0.141. The van der Waals surface area contributed by atoms with Crippen LogP contribution in [-0.2, 0) is 22.6 Å². The van der Waals surface area contributed by atoms with Gasteiger partial charge in [0.25, 0.3) is 0 Å². The van der Waals surface area contributed by atoms with E-state index in [4.69, 9.17) is 4.74 Å². The summed E-state index contributed by atoms with van der Waals surface area (Å²) in [6.45, 7) is 2.66. The lowest BCUT2D eigenvalue weighted by atomic mass is 10.0. The molecular formula is C28H31FN2O3.